The fourth-order valence-electron chi connectivity index (χ4n) is 3.14. The van der Waals surface area contributed by atoms with E-state index in [-0.39, 0.29) is 18.9 Å². The van der Waals surface area contributed by atoms with Gasteiger partial charge in [0.05, 0.1) is 12.6 Å². The van der Waals surface area contributed by atoms with E-state index in [1.165, 1.54) is 4.90 Å². The van der Waals surface area contributed by atoms with Crippen molar-refractivity contribution in [2.24, 2.45) is 11.7 Å². The fraction of sp³-hybridized carbons (Fsp3) is 0.722. The van der Waals surface area contributed by atoms with Gasteiger partial charge in [0.15, 0.2) is 0 Å². The molecule has 0 spiro atoms. The number of rotatable bonds is 11. The molecule has 6 N–H and O–H groups in total. The summed E-state index contributed by atoms with van der Waals surface area (Å²) in [5.74, 6) is -3.87. The smallest absolute Gasteiger partial charge is 0.326 e. The Morgan fingerprint density at radius 2 is 1.83 bits per heavy atom. The van der Waals surface area contributed by atoms with Crippen molar-refractivity contribution in [3.05, 3.63) is 0 Å². The number of carboxylic acids is 2. The number of carbonyl (C=O) groups is 5. The van der Waals surface area contributed by atoms with Crippen LogP contribution in [0.5, 0.6) is 0 Å². The molecule has 3 atom stereocenters. The standard InChI is InChI=1S/C18H30N4O7/c1-10(2)8-11(19)16(26)20-9-14(23)22-7-3-4-13(22)17(27)21-12(18(28)29)5-6-15(24)25/h10-13H,3-9,19H2,1-2H3,(H,20,26)(H,21,27)(H,24,25)(H,28,29). The van der Waals surface area contributed by atoms with Gasteiger partial charge in [-0.15, -0.1) is 0 Å². The van der Waals surface area contributed by atoms with Crippen molar-refractivity contribution in [3.8, 4) is 0 Å². The molecular formula is C18H30N4O7. The summed E-state index contributed by atoms with van der Waals surface area (Å²) in [7, 11) is 0. The second-order valence-electron chi connectivity index (χ2n) is 7.53. The van der Waals surface area contributed by atoms with Gasteiger partial charge in [-0.1, -0.05) is 13.8 Å². The number of aliphatic carboxylic acids is 2. The van der Waals surface area contributed by atoms with Crippen LogP contribution < -0.4 is 16.4 Å². The zero-order valence-corrected chi connectivity index (χ0v) is 16.7. The molecule has 0 aromatic carbocycles. The van der Waals surface area contributed by atoms with E-state index in [0.29, 0.717) is 25.8 Å². The average molecular weight is 414 g/mol. The molecule has 1 fully saturated rings. The third kappa shape index (κ3) is 8.06. The number of carbonyl (C=O) groups excluding carboxylic acids is 3. The highest BCUT2D eigenvalue weighted by Crippen LogP contribution is 2.18. The first-order valence-corrected chi connectivity index (χ1v) is 9.60. The quantitative estimate of drug-likeness (QED) is 0.283. The number of nitrogens with two attached hydrogens (primary N) is 1. The minimum Gasteiger partial charge on any atom is -0.481 e. The maximum absolute atomic E-state index is 12.5. The molecule has 3 amide bonds. The number of amides is 3. The van der Waals surface area contributed by atoms with E-state index >= 15 is 0 Å². The van der Waals surface area contributed by atoms with Gasteiger partial charge in [0.1, 0.15) is 12.1 Å². The molecule has 1 aliphatic rings. The first-order chi connectivity index (χ1) is 13.5. The second-order valence-corrected chi connectivity index (χ2v) is 7.53. The molecule has 3 unspecified atom stereocenters. The minimum atomic E-state index is -1.36. The van der Waals surface area contributed by atoms with E-state index in [0.717, 1.165) is 0 Å². The lowest BCUT2D eigenvalue weighted by atomic mass is 10.0. The Balaban J connectivity index is 2.63. The van der Waals surface area contributed by atoms with Crippen LogP contribution in [0.25, 0.3) is 0 Å². The summed E-state index contributed by atoms with van der Waals surface area (Å²) in [6.07, 6.45) is 0.705. The van der Waals surface area contributed by atoms with Crippen molar-refractivity contribution in [1.82, 2.24) is 15.5 Å². The predicted octanol–water partition coefficient (Wildman–Crippen LogP) is -1.10. The molecule has 0 radical (unpaired) electrons. The lowest BCUT2D eigenvalue weighted by Crippen LogP contribution is -2.53. The maximum atomic E-state index is 12.5. The molecule has 1 saturated heterocycles. The molecule has 11 nitrogen and oxygen atoms in total. The molecule has 1 aliphatic heterocycles. The van der Waals surface area contributed by atoms with E-state index < -0.39 is 54.2 Å². The second kappa shape index (κ2) is 11.3. The van der Waals surface area contributed by atoms with Crippen molar-refractivity contribution < 1.29 is 34.2 Å². The largest absolute Gasteiger partial charge is 0.481 e. The van der Waals surface area contributed by atoms with Gasteiger partial charge in [0.2, 0.25) is 17.7 Å². The van der Waals surface area contributed by atoms with Crippen LogP contribution in [0.2, 0.25) is 0 Å². The first kappa shape index (κ1) is 24.3. The topological polar surface area (TPSA) is 179 Å². The Morgan fingerprint density at radius 3 is 2.38 bits per heavy atom. The van der Waals surface area contributed by atoms with Crippen molar-refractivity contribution in [3.63, 3.8) is 0 Å². The molecule has 0 aromatic rings. The van der Waals surface area contributed by atoms with Gasteiger partial charge in [-0.3, -0.25) is 19.2 Å². The number of nitrogens with zero attached hydrogens (tertiary/aromatic N) is 1. The van der Waals surface area contributed by atoms with Crippen LogP contribution in [0.1, 0.15) is 46.0 Å². The van der Waals surface area contributed by atoms with Crippen molar-refractivity contribution in [2.75, 3.05) is 13.1 Å². The molecule has 0 aromatic heterocycles. The van der Waals surface area contributed by atoms with E-state index in [2.05, 4.69) is 10.6 Å². The van der Waals surface area contributed by atoms with Crippen LogP contribution >= 0.6 is 0 Å². The number of hydrogen-bond donors (Lipinski definition) is 5. The molecule has 0 saturated carbocycles. The Morgan fingerprint density at radius 1 is 1.17 bits per heavy atom. The Kier molecular flexibility index (Phi) is 9.53. The summed E-state index contributed by atoms with van der Waals surface area (Å²) in [4.78, 5) is 60.0. The van der Waals surface area contributed by atoms with Crippen LogP contribution in [-0.2, 0) is 24.0 Å². The van der Waals surface area contributed by atoms with Crippen LogP contribution in [0.4, 0.5) is 0 Å². The monoisotopic (exact) mass is 414 g/mol. The summed E-state index contributed by atoms with van der Waals surface area (Å²) < 4.78 is 0. The van der Waals surface area contributed by atoms with Crippen LogP contribution in [0.15, 0.2) is 0 Å². The predicted molar refractivity (Wildman–Crippen MR) is 102 cm³/mol. The van der Waals surface area contributed by atoms with Gasteiger partial charge in [0, 0.05) is 13.0 Å². The maximum Gasteiger partial charge on any atom is 0.326 e. The molecule has 1 heterocycles. The summed E-state index contributed by atoms with van der Waals surface area (Å²) in [6.45, 7) is 3.84. The highest BCUT2D eigenvalue weighted by molar-refractivity contribution is 5.93. The van der Waals surface area contributed by atoms with Crippen LogP contribution in [0, 0.1) is 5.92 Å². The van der Waals surface area contributed by atoms with E-state index in [1.54, 1.807) is 0 Å². The average Bonchev–Trinajstić information content (AvgIpc) is 3.11. The van der Waals surface area contributed by atoms with Gasteiger partial charge in [-0.25, -0.2) is 4.79 Å². The lowest BCUT2D eigenvalue weighted by molar-refractivity contribution is -0.144. The van der Waals surface area contributed by atoms with Crippen LogP contribution in [0.3, 0.4) is 0 Å². The summed E-state index contributed by atoms with van der Waals surface area (Å²) >= 11 is 0. The van der Waals surface area contributed by atoms with Gasteiger partial charge in [0.25, 0.3) is 0 Å². The zero-order chi connectivity index (χ0) is 22.1. The van der Waals surface area contributed by atoms with E-state index in [4.69, 9.17) is 15.9 Å². The van der Waals surface area contributed by atoms with E-state index in [9.17, 15) is 24.0 Å². The molecule has 0 aliphatic carbocycles. The summed E-state index contributed by atoms with van der Waals surface area (Å²) in [5, 5.41) is 22.6. The first-order valence-electron chi connectivity index (χ1n) is 9.60. The zero-order valence-electron chi connectivity index (χ0n) is 16.7. The van der Waals surface area contributed by atoms with Gasteiger partial charge in [-0.05, 0) is 31.6 Å². The SMILES string of the molecule is CC(C)CC(N)C(=O)NCC(=O)N1CCCC1C(=O)NC(CCC(=O)O)C(=O)O. The van der Waals surface area contributed by atoms with Gasteiger partial charge in [-0.2, -0.15) is 0 Å². The molecule has 29 heavy (non-hydrogen) atoms. The van der Waals surface area contributed by atoms with E-state index in [1.807, 2.05) is 13.8 Å². The molecule has 1 rings (SSSR count). The van der Waals surface area contributed by atoms with Gasteiger partial charge >= 0.3 is 11.9 Å². The van der Waals surface area contributed by atoms with Crippen molar-refractivity contribution in [1.29, 1.82) is 0 Å². The Hall–Kier alpha value is -2.69. The summed E-state index contributed by atoms with van der Waals surface area (Å²) in [5.41, 5.74) is 5.77. The third-order valence-electron chi connectivity index (χ3n) is 4.61. The number of carboxylic acid groups (broad SMARTS) is 2. The molecular weight excluding hydrogens is 384 g/mol. The van der Waals surface area contributed by atoms with Crippen molar-refractivity contribution in [2.45, 2.75) is 64.1 Å². The normalized spacial score (nSPS) is 18.2. The third-order valence-corrected chi connectivity index (χ3v) is 4.61. The number of nitrogens with one attached hydrogen (secondary N) is 2. The highest BCUT2D eigenvalue weighted by atomic mass is 16.4. The fourth-order valence-corrected chi connectivity index (χ4v) is 3.14. The Labute approximate surface area is 169 Å². The van der Waals surface area contributed by atoms with Crippen LogP contribution in [-0.4, -0.2) is 76.0 Å². The lowest BCUT2D eigenvalue weighted by Gasteiger charge is -2.26. The highest BCUT2D eigenvalue weighted by Gasteiger charge is 2.36. The molecule has 164 valence electrons. The van der Waals surface area contributed by atoms with Crippen molar-refractivity contribution >= 4 is 29.7 Å². The van der Waals surface area contributed by atoms with Gasteiger partial charge < -0.3 is 31.5 Å². The molecule has 11 heteroatoms. The minimum absolute atomic E-state index is 0.224. The molecule has 0 bridgehead atoms. The number of hydrogen-bond acceptors (Lipinski definition) is 6. The number of likely N-dealkylation sites (tertiary alicyclic amines) is 1. The summed E-state index contributed by atoms with van der Waals surface area (Å²) in [6, 6.07) is -2.95. The Bertz CT molecular complexity index is 638.